The zero-order chi connectivity index (χ0) is 15.2. The van der Waals surface area contributed by atoms with Gasteiger partial charge in [0.05, 0.1) is 0 Å². The summed E-state index contributed by atoms with van der Waals surface area (Å²) in [6, 6.07) is 7.20. The van der Waals surface area contributed by atoms with Gasteiger partial charge in [0.2, 0.25) is 11.5 Å². The molecule has 0 radical (unpaired) electrons. The van der Waals surface area contributed by atoms with Gasteiger partial charge < -0.3 is 16.4 Å². The molecule has 0 aliphatic heterocycles. The topological polar surface area (TPSA) is 123 Å². The van der Waals surface area contributed by atoms with Crippen molar-refractivity contribution in [1.82, 2.24) is 20.9 Å². The van der Waals surface area contributed by atoms with E-state index in [1.165, 1.54) is 0 Å². The second-order valence-corrected chi connectivity index (χ2v) is 4.38. The largest absolute Gasteiger partial charge is 0.379 e. The number of hydrogen-bond donors (Lipinski definition) is 3. The summed E-state index contributed by atoms with van der Waals surface area (Å²) >= 11 is 0. The fourth-order valence-electron chi connectivity index (χ4n) is 1.60. The van der Waals surface area contributed by atoms with E-state index < -0.39 is 5.91 Å². The van der Waals surface area contributed by atoms with Gasteiger partial charge in [0.25, 0.3) is 11.8 Å². The van der Waals surface area contributed by atoms with Crippen molar-refractivity contribution >= 4 is 17.6 Å². The first-order valence-corrected chi connectivity index (χ1v) is 6.29. The lowest BCUT2D eigenvalue weighted by Gasteiger charge is -2.06. The number of nitrogens with zero attached hydrogens (tertiary/aromatic N) is 2. The maximum Gasteiger partial charge on any atom is 0.277 e. The fourth-order valence-corrected chi connectivity index (χ4v) is 1.60. The van der Waals surface area contributed by atoms with Crippen LogP contribution < -0.4 is 16.4 Å². The monoisotopic (exact) mass is 289 g/mol. The summed E-state index contributed by atoms with van der Waals surface area (Å²) in [6.07, 6.45) is 0. The van der Waals surface area contributed by atoms with Gasteiger partial charge in [0.15, 0.2) is 0 Å². The second-order valence-electron chi connectivity index (χ2n) is 4.38. The van der Waals surface area contributed by atoms with E-state index >= 15 is 0 Å². The van der Waals surface area contributed by atoms with Crippen molar-refractivity contribution in [3.05, 3.63) is 41.1 Å². The van der Waals surface area contributed by atoms with E-state index in [0.717, 1.165) is 5.56 Å². The van der Waals surface area contributed by atoms with Gasteiger partial charge in [0, 0.05) is 18.7 Å². The van der Waals surface area contributed by atoms with Crippen LogP contribution in [0.2, 0.25) is 0 Å². The number of rotatable bonds is 5. The molecule has 2 aromatic rings. The SMILES string of the molecule is Cc1ccc(C(=O)NCCNC(=O)c2nonc2N)cc1. The number of amides is 2. The van der Waals surface area contributed by atoms with Crippen molar-refractivity contribution in [2.75, 3.05) is 18.8 Å². The Labute approximate surface area is 120 Å². The van der Waals surface area contributed by atoms with Crippen LogP contribution in [-0.2, 0) is 0 Å². The van der Waals surface area contributed by atoms with Gasteiger partial charge >= 0.3 is 0 Å². The molecule has 8 nitrogen and oxygen atoms in total. The molecule has 21 heavy (non-hydrogen) atoms. The smallest absolute Gasteiger partial charge is 0.277 e. The number of aryl methyl sites for hydroxylation is 1. The molecule has 0 spiro atoms. The third kappa shape index (κ3) is 3.78. The molecule has 0 atom stereocenters. The number of nitrogens with two attached hydrogens (primary N) is 1. The van der Waals surface area contributed by atoms with E-state index in [9.17, 15) is 9.59 Å². The molecule has 110 valence electrons. The van der Waals surface area contributed by atoms with E-state index in [1.807, 2.05) is 19.1 Å². The Morgan fingerprint density at radius 3 is 2.29 bits per heavy atom. The Morgan fingerprint density at radius 1 is 1.10 bits per heavy atom. The molecule has 1 aromatic carbocycles. The first-order valence-electron chi connectivity index (χ1n) is 6.29. The Bertz CT molecular complexity index is 636. The molecule has 0 bridgehead atoms. The highest BCUT2D eigenvalue weighted by molar-refractivity contribution is 5.96. The summed E-state index contributed by atoms with van der Waals surface area (Å²) in [4.78, 5) is 23.4. The van der Waals surface area contributed by atoms with Crippen LogP contribution in [0.1, 0.15) is 26.4 Å². The normalized spacial score (nSPS) is 10.1. The summed E-state index contributed by atoms with van der Waals surface area (Å²) in [6.45, 7) is 2.47. The number of carbonyl (C=O) groups excluding carboxylic acids is 2. The van der Waals surface area contributed by atoms with Gasteiger partial charge in [-0.3, -0.25) is 9.59 Å². The van der Waals surface area contributed by atoms with E-state index in [2.05, 4.69) is 25.6 Å². The molecular formula is C13H15N5O3. The molecular weight excluding hydrogens is 274 g/mol. The van der Waals surface area contributed by atoms with Crippen molar-refractivity contribution in [3.8, 4) is 0 Å². The maximum atomic E-state index is 11.8. The summed E-state index contributed by atoms with van der Waals surface area (Å²) < 4.78 is 4.32. The molecule has 8 heteroatoms. The molecule has 0 unspecified atom stereocenters. The first kappa shape index (κ1) is 14.5. The minimum absolute atomic E-state index is 0.0696. The number of aromatic nitrogens is 2. The number of carbonyl (C=O) groups is 2. The van der Waals surface area contributed by atoms with Crippen LogP contribution in [0.25, 0.3) is 0 Å². The molecule has 2 amide bonds. The number of hydrogen-bond acceptors (Lipinski definition) is 6. The number of nitrogens with one attached hydrogen (secondary N) is 2. The Hall–Kier alpha value is -2.90. The van der Waals surface area contributed by atoms with Crippen LogP contribution in [0.5, 0.6) is 0 Å². The van der Waals surface area contributed by atoms with Crippen molar-refractivity contribution in [2.45, 2.75) is 6.92 Å². The quantitative estimate of drug-likeness (QED) is 0.672. The van der Waals surface area contributed by atoms with Crippen LogP contribution in [0.15, 0.2) is 28.9 Å². The van der Waals surface area contributed by atoms with E-state index in [4.69, 9.17) is 5.73 Å². The highest BCUT2D eigenvalue weighted by Crippen LogP contribution is 2.03. The number of nitrogen functional groups attached to an aromatic ring is 1. The van der Waals surface area contributed by atoms with Gasteiger partial charge in [-0.2, -0.15) is 0 Å². The van der Waals surface area contributed by atoms with Gasteiger partial charge in [-0.15, -0.1) is 0 Å². The highest BCUT2D eigenvalue weighted by Gasteiger charge is 2.15. The molecule has 0 aliphatic carbocycles. The first-order chi connectivity index (χ1) is 10.1. The van der Waals surface area contributed by atoms with E-state index in [1.54, 1.807) is 12.1 Å². The van der Waals surface area contributed by atoms with Crippen LogP contribution in [-0.4, -0.2) is 35.2 Å². The average molecular weight is 289 g/mol. The van der Waals surface area contributed by atoms with Crippen molar-refractivity contribution in [3.63, 3.8) is 0 Å². The predicted molar refractivity (Wildman–Crippen MR) is 74.6 cm³/mol. The summed E-state index contributed by atoms with van der Waals surface area (Å²) in [5.41, 5.74) is 6.96. The molecule has 0 saturated heterocycles. The second kappa shape index (κ2) is 6.51. The molecule has 1 aromatic heterocycles. The fraction of sp³-hybridized carbons (Fsp3) is 0.231. The van der Waals surface area contributed by atoms with Crippen LogP contribution >= 0.6 is 0 Å². The van der Waals surface area contributed by atoms with Crippen LogP contribution in [0, 0.1) is 6.92 Å². The number of anilines is 1. The van der Waals surface area contributed by atoms with Crippen LogP contribution in [0.4, 0.5) is 5.82 Å². The van der Waals surface area contributed by atoms with Crippen molar-refractivity contribution in [2.24, 2.45) is 0 Å². The highest BCUT2D eigenvalue weighted by atomic mass is 16.6. The molecule has 2 rings (SSSR count). The van der Waals surface area contributed by atoms with Gasteiger partial charge in [-0.1, -0.05) is 17.7 Å². The zero-order valence-corrected chi connectivity index (χ0v) is 11.4. The summed E-state index contributed by atoms with van der Waals surface area (Å²) in [5, 5.41) is 11.9. The third-order valence-electron chi connectivity index (χ3n) is 2.74. The Kier molecular flexibility index (Phi) is 4.50. The summed E-state index contributed by atoms with van der Waals surface area (Å²) in [5.74, 6) is -0.776. The Balaban J connectivity index is 1.75. The minimum Gasteiger partial charge on any atom is -0.379 e. The zero-order valence-electron chi connectivity index (χ0n) is 11.4. The molecule has 4 N–H and O–H groups in total. The molecule has 0 aliphatic rings. The lowest BCUT2D eigenvalue weighted by atomic mass is 10.1. The van der Waals surface area contributed by atoms with Gasteiger partial charge in [-0.05, 0) is 29.4 Å². The average Bonchev–Trinajstić information content (AvgIpc) is 2.90. The standard InChI is InChI=1S/C13H15N5O3/c1-8-2-4-9(5-3-8)12(19)15-6-7-16-13(20)10-11(14)18-21-17-10/h2-5H,6-7H2,1H3,(H2,14,18)(H,15,19)(H,16,20). The molecule has 0 fully saturated rings. The summed E-state index contributed by atoms with van der Waals surface area (Å²) in [7, 11) is 0. The molecule has 1 heterocycles. The van der Waals surface area contributed by atoms with Gasteiger partial charge in [-0.25, -0.2) is 4.63 Å². The van der Waals surface area contributed by atoms with E-state index in [-0.39, 0.29) is 30.5 Å². The maximum absolute atomic E-state index is 11.8. The van der Waals surface area contributed by atoms with Crippen molar-refractivity contribution < 1.29 is 14.2 Å². The third-order valence-corrected chi connectivity index (χ3v) is 2.74. The van der Waals surface area contributed by atoms with Crippen LogP contribution in [0.3, 0.4) is 0 Å². The molecule has 0 saturated carbocycles. The van der Waals surface area contributed by atoms with Gasteiger partial charge in [0.1, 0.15) is 0 Å². The number of benzene rings is 1. The minimum atomic E-state index is -0.502. The van der Waals surface area contributed by atoms with E-state index in [0.29, 0.717) is 5.56 Å². The lowest BCUT2D eigenvalue weighted by Crippen LogP contribution is -2.35. The lowest BCUT2D eigenvalue weighted by molar-refractivity contribution is 0.0922. The van der Waals surface area contributed by atoms with Crippen molar-refractivity contribution in [1.29, 1.82) is 0 Å². The predicted octanol–water partition coefficient (Wildman–Crippen LogP) is 0.120. The Morgan fingerprint density at radius 2 is 1.71 bits per heavy atom.